The maximum Gasteiger partial charge on any atom is 0.263 e. The van der Waals surface area contributed by atoms with E-state index in [1.54, 1.807) is 42.7 Å². The number of sulfonamides is 1. The molecule has 1 aromatic heterocycles. The van der Waals surface area contributed by atoms with Crippen LogP contribution in [-0.2, 0) is 16.6 Å². The van der Waals surface area contributed by atoms with Crippen LogP contribution in [0.15, 0.2) is 76.2 Å². The van der Waals surface area contributed by atoms with E-state index in [0.29, 0.717) is 12.2 Å². The van der Waals surface area contributed by atoms with Crippen LogP contribution in [0.3, 0.4) is 0 Å². The van der Waals surface area contributed by atoms with Crippen molar-refractivity contribution >= 4 is 33.0 Å². The number of halogens is 1. The van der Waals surface area contributed by atoms with Crippen LogP contribution in [0.2, 0.25) is 5.02 Å². The Morgan fingerprint density at radius 3 is 2.29 bits per heavy atom. The molecule has 0 atom stereocenters. The molecule has 7 heteroatoms. The van der Waals surface area contributed by atoms with E-state index in [4.69, 9.17) is 16.0 Å². The first kappa shape index (κ1) is 16.4. The van der Waals surface area contributed by atoms with Gasteiger partial charge < -0.3 is 9.73 Å². The lowest BCUT2D eigenvalue weighted by Gasteiger charge is -2.10. The van der Waals surface area contributed by atoms with Gasteiger partial charge in [-0.05, 0) is 48.5 Å². The third-order valence-electron chi connectivity index (χ3n) is 3.31. The number of benzene rings is 2. The first-order chi connectivity index (χ1) is 11.5. The summed E-state index contributed by atoms with van der Waals surface area (Å²) in [6, 6.07) is 16.9. The number of hydrogen-bond acceptors (Lipinski definition) is 4. The van der Waals surface area contributed by atoms with E-state index in [1.165, 1.54) is 12.1 Å². The van der Waals surface area contributed by atoms with Gasteiger partial charge in [0.15, 0.2) is 0 Å². The molecule has 0 spiro atoms. The Labute approximate surface area is 145 Å². The van der Waals surface area contributed by atoms with E-state index in [-0.39, 0.29) is 9.92 Å². The van der Waals surface area contributed by atoms with Gasteiger partial charge in [-0.2, -0.15) is 0 Å². The Balaban J connectivity index is 1.68. The fourth-order valence-corrected chi connectivity index (χ4v) is 3.71. The van der Waals surface area contributed by atoms with Crippen molar-refractivity contribution in [3.8, 4) is 0 Å². The Morgan fingerprint density at radius 2 is 1.62 bits per heavy atom. The third kappa shape index (κ3) is 3.90. The van der Waals surface area contributed by atoms with E-state index in [0.717, 1.165) is 11.4 Å². The van der Waals surface area contributed by atoms with Gasteiger partial charge in [0.1, 0.15) is 10.7 Å². The summed E-state index contributed by atoms with van der Waals surface area (Å²) < 4.78 is 32.5. The minimum atomic E-state index is -3.72. The lowest BCUT2D eigenvalue weighted by Crippen LogP contribution is -2.13. The normalized spacial score (nSPS) is 11.2. The molecule has 1 heterocycles. The molecular formula is C17H15ClN2O3S. The largest absolute Gasteiger partial charge is 0.467 e. The number of furan rings is 1. The van der Waals surface area contributed by atoms with Crippen LogP contribution < -0.4 is 10.0 Å². The molecule has 3 rings (SSSR count). The highest BCUT2D eigenvalue weighted by atomic mass is 35.5. The van der Waals surface area contributed by atoms with Crippen molar-refractivity contribution in [3.63, 3.8) is 0 Å². The lowest BCUT2D eigenvalue weighted by molar-refractivity contribution is 0.518. The fraction of sp³-hybridized carbons (Fsp3) is 0.0588. The summed E-state index contributed by atoms with van der Waals surface area (Å²) in [7, 11) is -3.72. The van der Waals surface area contributed by atoms with Crippen molar-refractivity contribution < 1.29 is 12.8 Å². The van der Waals surface area contributed by atoms with Gasteiger partial charge in [-0.1, -0.05) is 23.7 Å². The first-order valence-electron chi connectivity index (χ1n) is 7.18. The van der Waals surface area contributed by atoms with Gasteiger partial charge >= 0.3 is 0 Å². The highest BCUT2D eigenvalue weighted by Crippen LogP contribution is 2.24. The fourth-order valence-electron chi connectivity index (χ4n) is 2.13. The summed E-state index contributed by atoms with van der Waals surface area (Å²) in [5.41, 5.74) is 1.31. The van der Waals surface area contributed by atoms with Crippen LogP contribution in [0.25, 0.3) is 0 Å². The van der Waals surface area contributed by atoms with Gasteiger partial charge in [-0.3, -0.25) is 4.72 Å². The predicted octanol–water partition coefficient (Wildman–Crippen LogP) is 4.35. The average molecular weight is 363 g/mol. The van der Waals surface area contributed by atoms with Gasteiger partial charge in [0, 0.05) is 11.4 Å². The van der Waals surface area contributed by atoms with Crippen molar-refractivity contribution in [1.82, 2.24) is 0 Å². The molecule has 0 aliphatic rings. The van der Waals surface area contributed by atoms with Gasteiger partial charge in [0.05, 0.1) is 17.8 Å². The second-order valence-corrected chi connectivity index (χ2v) is 7.10. The molecule has 0 aliphatic heterocycles. The van der Waals surface area contributed by atoms with Crippen molar-refractivity contribution in [2.24, 2.45) is 0 Å². The molecule has 0 bridgehead atoms. The van der Waals surface area contributed by atoms with E-state index >= 15 is 0 Å². The van der Waals surface area contributed by atoms with Crippen LogP contribution in [0.5, 0.6) is 0 Å². The van der Waals surface area contributed by atoms with Crippen LogP contribution in [0.1, 0.15) is 5.76 Å². The summed E-state index contributed by atoms with van der Waals surface area (Å²) >= 11 is 5.95. The third-order valence-corrected chi connectivity index (χ3v) is 5.19. The summed E-state index contributed by atoms with van der Waals surface area (Å²) in [5.74, 6) is 0.818. The van der Waals surface area contributed by atoms with Crippen molar-refractivity contribution in [2.45, 2.75) is 11.4 Å². The molecule has 0 aliphatic carbocycles. The summed E-state index contributed by atoms with van der Waals surface area (Å²) in [6.07, 6.45) is 1.61. The molecule has 3 aromatic rings. The van der Waals surface area contributed by atoms with E-state index in [9.17, 15) is 8.42 Å². The van der Waals surface area contributed by atoms with Crippen LogP contribution >= 0.6 is 11.6 Å². The smallest absolute Gasteiger partial charge is 0.263 e. The van der Waals surface area contributed by atoms with Gasteiger partial charge in [-0.15, -0.1) is 0 Å². The van der Waals surface area contributed by atoms with Crippen molar-refractivity contribution in [3.05, 3.63) is 77.7 Å². The second-order valence-electron chi connectivity index (χ2n) is 5.05. The summed E-state index contributed by atoms with van der Waals surface area (Å²) in [6.45, 7) is 0.553. The Hall–Kier alpha value is -2.44. The zero-order valence-electron chi connectivity index (χ0n) is 12.6. The highest BCUT2D eigenvalue weighted by molar-refractivity contribution is 7.92. The van der Waals surface area contributed by atoms with E-state index < -0.39 is 10.0 Å². The van der Waals surface area contributed by atoms with Gasteiger partial charge in [-0.25, -0.2) is 8.42 Å². The molecule has 0 saturated heterocycles. The van der Waals surface area contributed by atoms with E-state index in [2.05, 4.69) is 10.0 Å². The monoisotopic (exact) mass is 362 g/mol. The molecule has 0 fully saturated rings. The predicted molar refractivity (Wildman–Crippen MR) is 94.7 cm³/mol. The highest BCUT2D eigenvalue weighted by Gasteiger charge is 2.17. The topological polar surface area (TPSA) is 71.3 Å². The van der Waals surface area contributed by atoms with Gasteiger partial charge in [0.2, 0.25) is 0 Å². The maximum atomic E-state index is 12.4. The number of anilines is 2. The van der Waals surface area contributed by atoms with Crippen molar-refractivity contribution in [2.75, 3.05) is 10.0 Å². The minimum Gasteiger partial charge on any atom is -0.467 e. The van der Waals surface area contributed by atoms with Crippen LogP contribution in [-0.4, -0.2) is 8.42 Å². The zero-order valence-corrected chi connectivity index (χ0v) is 14.1. The molecule has 0 saturated carbocycles. The minimum absolute atomic E-state index is 0.0479. The lowest BCUT2D eigenvalue weighted by atomic mass is 10.3. The SMILES string of the molecule is O=S(=O)(Nc1ccc(NCc2ccco2)cc1)c1ccccc1Cl. The second kappa shape index (κ2) is 6.98. The van der Waals surface area contributed by atoms with Crippen molar-refractivity contribution in [1.29, 1.82) is 0 Å². The van der Waals surface area contributed by atoms with Crippen LogP contribution in [0.4, 0.5) is 11.4 Å². The molecular weight excluding hydrogens is 348 g/mol. The molecule has 0 radical (unpaired) electrons. The number of nitrogens with one attached hydrogen (secondary N) is 2. The average Bonchev–Trinajstić information content (AvgIpc) is 3.07. The molecule has 0 unspecified atom stereocenters. The number of hydrogen-bond donors (Lipinski definition) is 2. The Bertz CT molecular complexity index is 907. The number of rotatable bonds is 6. The van der Waals surface area contributed by atoms with Gasteiger partial charge in [0.25, 0.3) is 10.0 Å². The molecule has 5 nitrogen and oxygen atoms in total. The molecule has 2 N–H and O–H groups in total. The molecule has 2 aromatic carbocycles. The van der Waals surface area contributed by atoms with Crippen LogP contribution in [0, 0.1) is 0 Å². The van der Waals surface area contributed by atoms with E-state index in [1.807, 2.05) is 12.1 Å². The zero-order chi connectivity index (χ0) is 17.0. The summed E-state index contributed by atoms with van der Waals surface area (Å²) in [5, 5.41) is 3.37. The molecule has 24 heavy (non-hydrogen) atoms. The maximum absolute atomic E-state index is 12.4. The first-order valence-corrected chi connectivity index (χ1v) is 9.04. The molecule has 124 valence electrons. The quantitative estimate of drug-likeness (QED) is 0.684. The summed E-state index contributed by atoms with van der Waals surface area (Å²) in [4.78, 5) is 0.0479. The standard InChI is InChI=1S/C17H15ClN2O3S/c18-16-5-1-2-6-17(16)24(21,22)20-14-9-7-13(8-10-14)19-12-15-4-3-11-23-15/h1-11,19-20H,12H2. The molecule has 0 amide bonds. The Morgan fingerprint density at radius 1 is 0.917 bits per heavy atom. The Kier molecular flexibility index (Phi) is 4.78.